The van der Waals surface area contributed by atoms with Crippen molar-refractivity contribution in [3.63, 3.8) is 0 Å². The van der Waals surface area contributed by atoms with Crippen LogP contribution in [0.2, 0.25) is 0 Å². The monoisotopic (exact) mass is 560 g/mol. The fourth-order valence-electron chi connectivity index (χ4n) is 5.02. The molecular formula is C32H64O7. The summed E-state index contributed by atoms with van der Waals surface area (Å²) in [6.45, 7) is 6.46. The number of unbranched alkanes of at least 4 members (excludes halogenated alkanes) is 18. The van der Waals surface area contributed by atoms with E-state index in [9.17, 15) is 15.3 Å². The second-order valence-electron chi connectivity index (χ2n) is 11.5. The van der Waals surface area contributed by atoms with Crippen LogP contribution in [0.15, 0.2) is 0 Å². The Hall–Kier alpha value is -0.280. The molecule has 0 spiro atoms. The molecular weight excluding hydrogens is 496 g/mol. The van der Waals surface area contributed by atoms with Crippen LogP contribution in [0.4, 0.5) is 0 Å². The molecule has 1 fully saturated rings. The zero-order valence-electron chi connectivity index (χ0n) is 25.5. The van der Waals surface area contributed by atoms with Gasteiger partial charge in [-0.25, -0.2) is 0 Å². The SMILES string of the molecule is CCCCCCCCCCCCOCC(CO[C@@H]1OC[C@@H](O)[C@H](O)[C@H]1O)OCCCCCCCCCCCC. The van der Waals surface area contributed by atoms with Gasteiger partial charge in [-0.15, -0.1) is 0 Å². The van der Waals surface area contributed by atoms with Crippen LogP contribution in [0.25, 0.3) is 0 Å². The number of rotatable bonds is 28. The van der Waals surface area contributed by atoms with Crippen LogP contribution in [-0.2, 0) is 18.9 Å². The average Bonchev–Trinajstić information content (AvgIpc) is 2.94. The highest BCUT2D eigenvalue weighted by atomic mass is 16.7. The van der Waals surface area contributed by atoms with Crippen molar-refractivity contribution in [1.29, 1.82) is 0 Å². The highest BCUT2D eigenvalue weighted by Gasteiger charge is 2.38. The second kappa shape index (κ2) is 26.6. The summed E-state index contributed by atoms with van der Waals surface area (Å²) in [5.41, 5.74) is 0. The minimum absolute atomic E-state index is 0.0672. The summed E-state index contributed by atoms with van der Waals surface area (Å²) in [6.07, 6.45) is 20.9. The molecule has 1 unspecified atom stereocenters. The van der Waals surface area contributed by atoms with Gasteiger partial charge in [0.05, 0.1) is 19.8 Å². The third-order valence-electron chi connectivity index (χ3n) is 7.70. The Labute approximate surface area is 240 Å². The molecule has 0 aromatic carbocycles. The van der Waals surface area contributed by atoms with Gasteiger partial charge in [0.2, 0.25) is 0 Å². The molecule has 234 valence electrons. The lowest BCUT2D eigenvalue weighted by atomic mass is 10.1. The minimum atomic E-state index is -1.29. The third-order valence-corrected chi connectivity index (χ3v) is 7.70. The Morgan fingerprint density at radius 2 is 1.05 bits per heavy atom. The van der Waals surface area contributed by atoms with Gasteiger partial charge in [-0.3, -0.25) is 0 Å². The minimum Gasteiger partial charge on any atom is -0.388 e. The molecule has 39 heavy (non-hydrogen) atoms. The van der Waals surface area contributed by atoms with E-state index in [0.717, 1.165) is 19.3 Å². The van der Waals surface area contributed by atoms with Crippen molar-refractivity contribution in [2.45, 2.75) is 173 Å². The van der Waals surface area contributed by atoms with Gasteiger partial charge in [-0.05, 0) is 12.8 Å². The average molecular weight is 561 g/mol. The summed E-state index contributed by atoms with van der Waals surface area (Å²) in [5.74, 6) is 0. The summed E-state index contributed by atoms with van der Waals surface area (Å²) in [7, 11) is 0. The van der Waals surface area contributed by atoms with Gasteiger partial charge < -0.3 is 34.3 Å². The second-order valence-corrected chi connectivity index (χ2v) is 11.5. The summed E-state index contributed by atoms with van der Waals surface area (Å²) in [5, 5.41) is 29.7. The molecule has 5 atom stereocenters. The van der Waals surface area contributed by atoms with Gasteiger partial charge in [0, 0.05) is 13.2 Å². The largest absolute Gasteiger partial charge is 0.388 e. The zero-order valence-corrected chi connectivity index (χ0v) is 25.5. The van der Waals surface area contributed by atoms with E-state index >= 15 is 0 Å². The molecule has 0 aliphatic carbocycles. The topological polar surface area (TPSA) is 97.6 Å². The molecule has 7 nitrogen and oxygen atoms in total. The van der Waals surface area contributed by atoms with Crippen LogP contribution in [0.3, 0.4) is 0 Å². The van der Waals surface area contributed by atoms with Crippen molar-refractivity contribution in [2.75, 3.05) is 33.0 Å². The van der Waals surface area contributed by atoms with Crippen molar-refractivity contribution >= 4 is 0 Å². The first-order valence-electron chi connectivity index (χ1n) is 16.6. The number of aliphatic hydroxyl groups is 3. The number of ether oxygens (including phenoxy) is 4. The van der Waals surface area contributed by atoms with Crippen molar-refractivity contribution in [3.05, 3.63) is 0 Å². The van der Waals surface area contributed by atoms with Crippen molar-refractivity contribution < 1.29 is 34.3 Å². The zero-order chi connectivity index (χ0) is 28.4. The standard InChI is InChI=1S/C32H64O7/c1-3-5-7-9-11-13-15-17-19-21-23-36-25-28(26-38-32-31(35)30(34)29(33)27-39-32)37-24-22-20-18-16-14-12-10-8-6-4-2/h28-35H,3-27H2,1-2H3/t28?,29-,30+,31-,32-/m1/s1. The Morgan fingerprint density at radius 1 is 0.590 bits per heavy atom. The molecule has 0 radical (unpaired) electrons. The third kappa shape index (κ3) is 20.3. The Kier molecular flexibility index (Phi) is 25.1. The summed E-state index contributed by atoms with van der Waals surface area (Å²) >= 11 is 0. The van der Waals surface area contributed by atoms with Crippen LogP contribution in [0.5, 0.6) is 0 Å². The van der Waals surface area contributed by atoms with E-state index in [-0.39, 0.29) is 19.3 Å². The molecule has 0 aromatic heterocycles. The van der Waals surface area contributed by atoms with Crippen LogP contribution in [-0.4, -0.2) is 79.1 Å². The molecule has 0 aromatic rings. The Bertz CT molecular complexity index is 507. The van der Waals surface area contributed by atoms with Gasteiger partial charge in [0.15, 0.2) is 6.29 Å². The lowest BCUT2D eigenvalue weighted by Gasteiger charge is -2.35. The quantitative estimate of drug-likeness (QED) is 0.0918. The molecule has 1 aliphatic heterocycles. The number of aliphatic hydroxyl groups excluding tert-OH is 3. The molecule has 1 heterocycles. The van der Waals surface area contributed by atoms with Crippen molar-refractivity contribution in [1.82, 2.24) is 0 Å². The maximum atomic E-state index is 10.2. The van der Waals surface area contributed by atoms with E-state index in [0.29, 0.717) is 19.8 Å². The van der Waals surface area contributed by atoms with Crippen LogP contribution in [0, 0.1) is 0 Å². The summed E-state index contributed by atoms with van der Waals surface area (Å²) < 4.78 is 23.1. The number of hydrogen-bond donors (Lipinski definition) is 3. The molecule has 1 aliphatic rings. The lowest BCUT2D eigenvalue weighted by molar-refractivity contribution is -0.276. The fourth-order valence-corrected chi connectivity index (χ4v) is 5.02. The maximum absolute atomic E-state index is 10.2. The van der Waals surface area contributed by atoms with Crippen molar-refractivity contribution in [3.8, 4) is 0 Å². The summed E-state index contributed by atoms with van der Waals surface area (Å²) in [4.78, 5) is 0. The maximum Gasteiger partial charge on any atom is 0.186 e. The van der Waals surface area contributed by atoms with Gasteiger partial charge in [0.1, 0.15) is 24.4 Å². The van der Waals surface area contributed by atoms with Gasteiger partial charge in [-0.1, -0.05) is 129 Å². The molecule has 7 heteroatoms. The first kappa shape index (κ1) is 36.7. The Morgan fingerprint density at radius 3 is 1.56 bits per heavy atom. The van der Waals surface area contributed by atoms with Crippen LogP contribution >= 0.6 is 0 Å². The predicted molar refractivity (Wildman–Crippen MR) is 158 cm³/mol. The molecule has 1 rings (SSSR count). The van der Waals surface area contributed by atoms with Gasteiger partial charge in [-0.2, -0.15) is 0 Å². The van der Waals surface area contributed by atoms with E-state index in [4.69, 9.17) is 18.9 Å². The smallest absolute Gasteiger partial charge is 0.186 e. The fraction of sp³-hybridized carbons (Fsp3) is 1.00. The predicted octanol–water partition coefficient (Wildman–Crippen LogP) is 6.69. The van der Waals surface area contributed by atoms with E-state index in [2.05, 4.69) is 13.8 Å². The molecule has 1 saturated heterocycles. The van der Waals surface area contributed by atoms with Gasteiger partial charge >= 0.3 is 0 Å². The summed E-state index contributed by atoms with van der Waals surface area (Å²) in [6, 6.07) is 0. The molecule has 0 amide bonds. The molecule has 3 N–H and O–H groups in total. The highest BCUT2D eigenvalue weighted by molar-refractivity contribution is 4.82. The van der Waals surface area contributed by atoms with E-state index < -0.39 is 24.6 Å². The lowest BCUT2D eigenvalue weighted by Crippen LogP contribution is -2.54. The molecule has 0 bridgehead atoms. The Balaban J connectivity index is 2.20. The normalized spacial score (nSPS) is 22.4. The van der Waals surface area contributed by atoms with Crippen LogP contribution < -0.4 is 0 Å². The van der Waals surface area contributed by atoms with Crippen molar-refractivity contribution in [2.24, 2.45) is 0 Å². The van der Waals surface area contributed by atoms with E-state index in [1.807, 2.05) is 0 Å². The highest BCUT2D eigenvalue weighted by Crippen LogP contribution is 2.18. The first-order valence-corrected chi connectivity index (χ1v) is 16.6. The van der Waals surface area contributed by atoms with Crippen LogP contribution in [0.1, 0.15) is 142 Å². The van der Waals surface area contributed by atoms with E-state index in [1.54, 1.807) is 0 Å². The molecule has 0 saturated carbocycles. The number of hydrogen-bond acceptors (Lipinski definition) is 7. The van der Waals surface area contributed by atoms with E-state index in [1.165, 1.54) is 109 Å². The van der Waals surface area contributed by atoms with Gasteiger partial charge in [0.25, 0.3) is 0 Å². The first-order chi connectivity index (χ1) is 19.1.